The quantitative estimate of drug-likeness (QED) is 0.753. The maximum atomic E-state index is 5.75. The molecule has 0 bridgehead atoms. The van der Waals surface area contributed by atoms with E-state index >= 15 is 0 Å². The van der Waals surface area contributed by atoms with Gasteiger partial charge in [-0.1, -0.05) is 43.9 Å². The molecule has 0 aliphatic heterocycles. The first-order valence-corrected chi connectivity index (χ1v) is 7.91. The van der Waals surface area contributed by atoms with Crippen molar-refractivity contribution in [3.8, 4) is 10.6 Å². The molecule has 0 radical (unpaired) electrons. The summed E-state index contributed by atoms with van der Waals surface area (Å²) in [4.78, 5) is 1.21. The summed E-state index contributed by atoms with van der Waals surface area (Å²) in [5, 5.41) is 10.5. The monoisotopic (exact) mass is 278 g/mol. The first-order chi connectivity index (χ1) is 9.36. The van der Waals surface area contributed by atoms with Crippen LogP contribution in [0.25, 0.3) is 10.6 Å². The van der Waals surface area contributed by atoms with Crippen LogP contribution in [0.3, 0.4) is 0 Å². The normalized spacial score (nSPS) is 11.1. The van der Waals surface area contributed by atoms with Crippen molar-refractivity contribution in [1.82, 2.24) is 15.0 Å². The van der Waals surface area contributed by atoms with Gasteiger partial charge < -0.3 is 5.73 Å². The molecule has 0 aliphatic rings. The van der Waals surface area contributed by atoms with E-state index in [4.69, 9.17) is 5.73 Å². The zero-order valence-electron chi connectivity index (χ0n) is 11.5. The van der Waals surface area contributed by atoms with Crippen molar-refractivity contribution >= 4 is 11.3 Å². The Morgan fingerprint density at radius 2 is 2.11 bits per heavy atom. The molecule has 2 rings (SSSR count). The van der Waals surface area contributed by atoms with Crippen LogP contribution >= 0.6 is 11.3 Å². The maximum Gasteiger partial charge on any atom is 0.105 e. The highest BCUT2D eigenvalue weighted by Gasteiger charge is 2.14. The number of hydrogen-bond acceptors (Lipinski definition) is 4. The molecule has 19 heavy (non-hydrogen) atoms. The summed E-state index contributed by atoms with van der Waals surface area (Å²) in [6.45, 7) is 3.62. The first-order valence-electron chi connectivity index (χ1n) is 7.03. The van der Waals surface area contributed by atoms with Crippen LogP contribution in [-0.4, -0.2) is 15.0 Å². The fourth-order valence-corrected chi connectivity index (χ4v) is 2.99. The van der Waals surface area contributed by atoms with Gasteiger partial charge in [0.1, 0.15) is 11.4 Å². The van der Waals surface area contributed by atoms with Crippen molar-refractivity contribution in [1.29, 1.82) is 0 Å². The van der Waals surface area contributed by atoms with Crippen LogP contribution in [0.1, 0.15) is 44.7 Å². The molecular formula is C14H22N4S. The number of thiophene rings is 1. The van der Waals surface area contributed by atoms with Gasteiger partial charge >= 0.3 is 0 Å². The molecular weight excluding hydrogens is 256 g/mol. The Hall–Kier alpha value is -1.20. The predicted molar refractivity (Wildman–Crippen MR) is 80.0 cm³/mol. The van der Waals surface area contributed by atoms with Gasteiger partial charge in [0.05, 0.1) is 4.88 Å². The van der Waals surface area contributed by atoms with Gasteiger partial charge in [0, 0.05) is 13.1 Å². The Labute approximate surface area is 118 Å². The fourth-order valence-electron chi connectivity index (χ4n) is 2.19. The van der Waals surface area contributed by atoms with Crippen molar-refractivity contribution in [3.05, 3.63) is 23.2 Å². The van der Waals surface area contributed by atoms with Gasteiger partial charge in [-0.25, -0.2) is 4.68 Å². The fraction of sp³-hybridized carbons (Fsp3) is 0.571. The third-order valence-electron chi connectivity index (χ3n) is 3.23. The SMILES string of the molecule is CCCCCCCn1nnc(CN)c1-c1cccs1. The summed E-state index contributed by atoms with van der Waals surface area (Å²) < 4.78 is 2.01. The summed E-state index contributed by atoms with van der Waals surface area (Å²) in [6.07, 6.45) is 6.33. The van der Waals surface area contributed by atoms with Crippen molar-refractivity contribution in [2.45, 2.75) is 52.1 Å². The van der Waals surface area contributed by atoms with Crippen LogP contribution in [0.2, 0.25) is 0 Å². The molecule has 5 heteroatoms. The molecule has 0 saturated heterocycles. The molecule has 0 saturated carbocycles. The van der Waals surface area contributed by atoms with E-state index in [0.717, 1.165) is 24.4 Å². The van der Waals surface area contributed by atoms with Crippen LogP contribution in [0.5, 0.6) is 0 Å². The van der Waals surface area contributed by atoms with Gasteiger partial charge in [-0.2, -0.15) is 0 Å². The maximum absolute atomic E-state index is 5.75. The molecule has 0 atom stereocenters. The molecule has 0 aromatic carbocycles. The Bertz CT molecular complexity index is 476. The van der Waals surface area contributed by atoms with Gasteiger partial charge in [0.15, 0.2) is 0 Å². The molecule has 4 nitrogen and oxygen atoms in total. The highest BCUT2D eigenvalue weighted by atomic mass is 32.1. The van der Waals surface area contributed by atoms with Crippen LogP contribution in [0.4, 0.5) is 0 Å². The van der Waals surface area contributed by atoms with Crippen molar-refractivity contribution in [2.75, 3.05) is 0 Å². The lowest BCUT2D eigenvalue weighted by Crippen LogP contribution is -2.04. The highest BCUT2D eigenvalue weighted by molar-refractivity contribution is 7.13. The van der Waals surface area contributed by atoms with Gasteiger partial charge in [0.2, 0.25) is 0 Å². The molecule has 0 spiro atoms. The Balaban J connectivity index is 2.02. The second-order valence-electron chi connectivity index (χ2n) is 4.70. The third-order valence-corrected chi connectivity index (χ3v) is 4.10. The second kappa shape index (κ2) is 7.40. The molecule has 2 aromatic heterocycles. The first kappa shape index (κ1) is 14.2. The summed E-state index contributed by atoms with van der Waals surface area (Å²) >= 11 is 1.72. The minimum atomic E-state index is 0.447. The summed E-state index contributed by atoms with van der Waals surface area (Å²) in [5.41, 5.74) is 7.76. The summed E-state index contributed by atoms with van der Waals surface area (Å²) in [5.74, 6) is 0. The van der Waals surface area contributed by atoms with Crippen molar-refractivity contribution in [3.63, 3.8) is 0 Å². The van der Waals surface area contributed by atoms with Gasteiger partial charge in [-0.05, 0) is 17.9 Å². The lowest BCUT2D eigenvalue weighted by atomic mass is 10.1. The van der Waals surface area contributed by atoms with Crippen molar-refractivity contribution < 1.29 is 0 Å². The molecule has 0 unspecified atom stereocenters. The number of nitrogens with two attached hydrogens (primary N) is 1. The van der Waals surface area contributed by atoms with Crippen LogP contribution < -0.4 is 5.73 Å². The zero-order chi connectivity index (χ0) is 13.5. The third kappa shape index (κ3) is 3.64. The Kier molecular flexibility index (Phi) is 5.54. The highest BCUT2D eigenvalue weighted by Crippen LogP contribution is 2.27. The lowest BCUT2D eigenvalue weighted by molar-refractivity contribution is 0.525. The zero-order valence-corrected chi connectivity index (χ0v) is 12.3. The number of aryl methyl sites for hydroxylation is 1. The van der Waals surface area contributed by atoms with E-state index in [0.29, 0.717) is 6.54 Å². The summed E-state index contributed by atoms with van der Waals surface area (Å²) in [6, 6.07) is 4.16. The topological polar surface area (TPSA) is 56.7 Å². The largest absolute Gasteiger partial charge is 0.325 e. The van der Waals surface area contributed by atoms with E-state index in [9.17, 15) is 0 Å². The van der Waals surface area contributed by atoms with E-state index < -0.39 is 0 Å². The van der Waals surface area contributed by atoms with Gasteiger partial charge in [0.25, 0.3) is 0 Å². The number of aromatic nitrogens is 3. The van der Waals surface area contributed by atoms with Crippen LogP contribution in [-0.2, 0) is 13.1 Å². The smallest absolute Gasteiger partial charge is 0.105 e. The van der Waals surface area contributed by atoms with E-state index in [-0.39, 0.29) is 0 Å². The minimum absolute atomic E-state index is 0.447. The van der Waals surface area contributed by atoms with E-state index in [1.54, 1.807) is 11.3 Å². The average molecular weight is 278 g/mol. The minimum Gasteiger partial charge on any atom is -0.325 e. The standard InChI is InChI=1S/C14H22N4S/c1-2-3-4-5-6-9-18-14(12(11-15)16-17-18)13-8-7-10-19-13/h7-8,10H,2-6,9,11,15H2,1H3. The average Bonchev–Trinajstić information content (AvgIpc) is 3.06. The second-order valence-corrected chi connectivity index (χ2v) is 5.65. The molecule has 0 amide bonds. The van der Waals surface area contributed by atoms with E-state index in [1.807, 2.05) is 4.68 Å². The van der Waals surface area contributed by atoms with Crippen LogP contribution in [0.15, 0.2) is 17.5 Å². The molecule has 0 fully saturated rings. The number of rotatable bonds is 8. The predicted octanol–water partition coefficient (Wildman–Crippen LogP) is 3.44. The van der Waals surface area contributed by atoms with Gasteiger partial charge in [-0.3, -0.25) is 0 Å². The number of unbranched alkanes of at least 4 members (excludes halogenated alkanes) is 4. The lowest BCUT2D eigenvalue weighted by Gasteiger charge is -2.06. The Morgan fingerprint density at radius 1 is 1.26 bits per heavy atom. The van der Waals surface area contributed by atoms with Crippen molar-refractivity contribution in [2.24, 2.45) is 5.73 Å². The molecule has 2 N–H and O–H groups in total. The summed E-state index contributed by atoms with van der Waals surface area (Å²) in [7, 11) is 0. The molecule has 2 heterocycles. The van der Waals surface area contributed by atoms with Gasteiger partial charge in [-0.15, -0.1) is 16.4 Å². The molecule has 0 aliphatic carbocycles. The Morgan fingerprint density at radius 3 is 2.79 bits per heavy atom. The molecule has 104 valence electrons. The van der Waals surface area contributed by atoms with E-state index in [2.05, 4.69) is 34.7 Å². The van der Waals surface area contributed by atoms with Crippen LogP contribution in [0, 0.1) is 0 Å². The van der Waals surface area contributed by atoms with E-state index in [1.165, 1.54) is 30.6 Å². The molecule has 2 aromatic rings. The number of nitrogens with zero attached hydrogens (tertiary/aromatic N) is 3. The number of hydrogen-bond donors (Lipinski definition) is 1.